The maximum Gasteiger partial charge on any atom is 0.220 e. The van der Waals surface area contributed by atoms with Gasteiger partial charge in [0.1, 0.15) is 0 Å². The zero-order valence-electron chi connectivity index (χ0n) is 18.6. The van der Waals surface area contributed by atoms with E-state index in [9.17, 15) is 4.79 Å². The molecule has 3 heterocycles. The second-order valence-corrected chi connectivity index (χ2v) is 9.89. The third-order valence-corrected chi connectivity index (χ3v) is 7.74. The normalized spacial score (nSPS) is 25.5. The summed E-state index contributed by atoms with van der Waals surface area (Å²) in [4.78, 5) is 17.3. The van der Waals surface area contributed by atoms with E-state index < -0.39 is 0 Å². The summed E-state index contributed by atoms with van der Waals surface area (Å²) in [6.07, 6.45) is 10.8. The lowest BCUT2D eigenvalue weighted by molar-refractivity contribution is -0.122. The van der Waals surface area contributed by atoms with Gasteiger partial charge in [-0.25, -0.2) is 0 Å². The molecule has 0 radical (unpaired) electrons. The van der Waals surface area contributed by atoms with Crippen LogP contribution in [0.1, 0.15) is 57.8 Å². The summed E-state index contributed by atoms with van der Waals surface area (Å²) in [7, 11) is 0. The largest absolute Gasteiger partial charge is 0.356 e. The van der Waals surface area contributed by atoms with E-state index in [-0.39, 0.29) is 5.91 Å². The first-order chi connectivity index (χ1) is 15.3. The molecule has 3 aliphatic rings. The van der Waals surface area contributed by atoms with Crippen molar-refractivity contribution in [1.29, 1.82) is 0 Å². The first-order valence-electron chi connectivity index (χ1n) is 12.4. The van der Waals surface area contributed by atoms with E-state index in [1.54, 1.807) is 0 Å². The minimum atomic E-state index is 0.272. The first kappa shape index (κ1) is 20.8. The quantitative estimate of drug-likeness (QED) is 0.753. The molecule has 5 rings (SSSR count). The Morgan fingerprint density at radius 3 is 2.81 bits per heavy atom. The van der Waals surface area contributed by atoms with Crippen molar-refractivity contribution >= 4 is 22.7 Å². The summed E-state index contributed by atoms with van der Waals surface area (Å²) in [5.41, 5.74) is 0.870. The number of amides is 1. The molecule has 0 bridgehead atoms. The Morgan fingerprint density at radius 1 is 1.03 bits per heavy atom. The average molecular weight is 425 g/mol. The maximum absolute atomic E-state index is 12.3. The monoisotopic (exact) mass is 424 g/mol. The Bertz CT molecular complexity index is 875. The number of carbonyl (C=O) groups excluding carboxylic acids is 1. The van der Waals surface area contributed by atoms with Gasteiger partial charge < -0.3 is 14.7 Å². The SMILES string of the molecule is O=C(CC1CCCCC1)NCC[C@@H]1CC[C@H]2CN(c3noc4ccccc34)CCN2C1. The van der Waals surface area contributed by atoms with Crippen LogP contribution in [0.2, 0.25) is 0 Å². The molecule has 1 N–H and O–H groups in total. The van der Waals surface area contributed by atoms with Crippen LogP contribution in [0.15, 0.2) is 28.8 Å². The van der Waals surface area contributed by atoms with Gasteiger partial charge in [0.25, 0.3) is 0 Å². The highest BCUT2D eigenvalue weighted by molar-refractivity contribution is 5.88. The molecule has 2 atom stereocenters. The molecule has 1 saturated carbocycles. The van der Waals surface area contributed by atoms with Gasteiger partial charge in [0, 0.05) is 45.2 Å². The van der Waals surface area contributed by atoms with Crippen LogP contribution in [0, 0.1) is 11.8 Å². The average Bonchev–Trinajstić information content (AvgIpc) is 3.24. The van der Waals surface area contributed by atoms with Crippen LogP contribution in [0.25, 0.3) is 11.0 Å². The highest BCUT2D eigenvalue weighted by Gasteiger charge is 2.34. The number of anilines is 1. The van der Waals surface area contributed by atoms with Crippen molar-refractivity contribution in [3.63, 3.8) is 0 Å². The maximum atomic E-state index is 12.3. The van der Waals surface area contributed by atoms with Gasteiger partial charge in [-0.1, -0.05) is 36.6 Å². The Labute approximate surface area is 185 Å². The van der Waals surface area contributed by atoms with Crippen molar-refractivity contribution < 1.29 is 9.32 Å². The number of piperidine rings is 1. The van der Waals surface area contributed by atoms with Gasteiger partial charge in [0.05, 0.1) is 5.39 Å². The molecule has 3 fully saturated rings. The number of fused-ring (bicyclic) bond motifs is 2. The number of benzene rings is 1. The highest BCUT2D eigenvalue weighted by atomic mass is 16.5. The summed E-state index contributed by atoms with van der Waals surface area (Å²) in [6.45, 7) is 5.11. The second kappa shape index (κ2) is 9.60. The lowest BCUT2D eigenvalue weighted by Crippen LogP contribution is -2.56. The van der Waals surface area contributed by atoms with Gasteiger partial charge in [-0.15, -0.1) is 0 Å². The number of para-hydroxylation sites is 1. The van der Waals surface area contributed by atoms with Crippen molar-refractivity contribution in [3.8, 4) is 0 Å². The van der Waals surface area contributed by atoms with E-state index in [1.807, 2.05) is 12.1 Å². The fourth-order valence-corrected chi connectivity index (χ4v) is 5.93. The molecule has 1 aromatic heterocycles. The van der Waals surface area contributed by atoms with Crippen molar-refractivity contribution in [1.82, 2.24) is 15.4 Å². The lowest BCUT2D eigenvalue weighted by Gasteiger charge is -2.46. The minimum absolute atomic E-state index is 0.272. The standard InChI is InChI=1S/C25H36N4O2/c30-24(16-19-6-2-1-3-7-19)26-13-12-20-10-11-21-18-29(15-14-28(21)17-20)25-22-8-4-5-9-23(22)31-27-25/h4-5,8-9,19-21H,1-3,6-7,10-18H2,(H,26,30)/t20-,21-/m0/s1. The molecule has 1 aliphatic carbocycles. The zero-order chi connectivity index (χ0) is 21.0. The van der Waals surface area contributed by atoms with E-state index in [2.05, 4.69) is 32.4 Å². The molecular formula is C25H36N4O2. The van der Waals surface area contributed by atoms with Gasteiger partial charge in [0.2, 0.25) is 5.91 Å². The summed E-state index contributed by atoms with van der Waals surface area (Å²) in [5, 5.41) is 8.69. The number of piperazine rings is 1. The van der Waals surface area contributed by atoms with Crippen LogP contribution in [0.4, 0.5) is 5.82 Å². The molecular weight excluding hydrogens is 388 g/mol. The fourth-order valence-electron chi connectivity index (χ4n) is 5.93. The van der Waals surface area contributed by atoms with Gasteiger partial charge in [-0.3, -0.25) is 9.69 Å². The summed E-state index contributed by atoms with van der Waals surface area (Å²) in [5.74, 6) is 2.60. The summed E-state index contributed by atoms with van der Waals surface area (Å²) in [6, 6.07) is 8.74. The zero-order valence-corrected chi connectivity index (χ0v) is 18.6. The Balaban J connectivity index is 1.06. The molecule has 1 aromatic carbocycles. The molecule has 2 aliphatic heterocycles. The van der Waals surface area contributed by atoms with Crippen LogP contribution in [-0.2, 0) is 4.79 Å². The van der Waals surface area contributed by atoms with Crippen molar-refractivity contribution in [2.24, 2.45) is 11.8 Å². The van der Waals surface area contributed by atoms with Crippen LogP contribution in [0.5, 0.6) is 0 Å². The Kier molecular flexibility index (Phi) is 6.44. The van der Waals surface area contributed by atoms with E-state index in [4.69, 9.17) is 4.52 Å². The number of rotatable bonds is 6. The van der Waals surface area contributed by atoms with Gasteiger partial charge in [-0.05, 0) is 56.1 Å². The lowest BCUT2D eigenvalue weighted by atomic mass is 9.86. The number of nitrogens with one attached hydrogen (secondary N) is 1. The predicted octanol–water partition coefficient (Wildman–Crippen LogP) is 4.21. The minimum Gasteiger partial charge on any atom is -0.356 e. The van der Waals surface area contributed by atoms with Crippen LogP contribution < -0.4 is 10.2 Å². The van der Waals surface area contributed by atoms with Crippen LogP contribution >= 0.6 is 0 Å². The molecule has 6 heteroatoms. The Morgan fingerprint density at radius 2 is 1.90 bits per heavy atom. The van der Waals surface area contributed by atoms with E-state index >= 15 is 0 Å². The summed E-state index contributed by atoms with van der Waals surface area (Å²) >= 11 is 0. The van der Waals surface area contributed by atoms with Crippen LogP contribution in [-0.4, -0.2) is 54.7 Å². The highest BCUT2D eigenvalue weighted by Crippen LogP contribution is 2.32. The van der Waals surface area contributed by atoms with Crippen molar-refractivity contribution in [2.45, 2.75) is 63.8 Å². The molecule has 2 aromatic rings. The number of hydrogen-bond acceptors (Lipinski definition) is 5. The van der Waals surface area contributed by atoms with Crippen molar-refractivity contribution in [3.05, 3.63) is 24.3 Å². The number of carbonyl (C=O) groups is 1. The predicted molar refractivity (Wildman–Crippen MR) is 123 cm³/mol. The van der Waals surface area contributed by atoms with Crippen molar-refractivity contribution in [2.75, 3.05) is 37.6 Å². The molecule has 0 unspecified atom stereocenters. The topological polar surface area (TPSA) is 61.6 Å². The smallest absolute Gasteiger partial charge is 0.220 e. The first-order valence-corrected chi connectivity index (χ1v) is 12.4. The third-order valence-electron chi connectivity index (χ3n) is 7.74. The van der Waals surface area contributed by atoms with Crippen LogP contribution in [0.3, 0.4) is 0 Å². The van der Waals surface area contributed by atoms with E-state index in [0.717, 1.165) is 62.4 Å². The second-order valence-electron chi connectivity index (χ2n) is 9.89. The molecule has 168 valence electrons. The number of hydrogen-bond donors (Lipinski definition) is 1. The molecule has 0 spiro atoms. The summed E-state index contributed by atoms with van der Waals surface area (Å²) < 4.78 is 5.53. The Hall–Kier alpha value is -2.08. The number of nitrogens with zero attached hydrogens (tertiary/aromatic N) is 3. The van der Waals surface area contributed by atoms with E-state index in [1.165, 1.54) is 44.9 Å². The molecule has 31 heavy (non-hydrogen) atoms. The van der Waals surface area contributed by atoms with E-state index in [0.29, 0.717) is 17.9 Å². The van der Waals surface area contributed by atoms with Gasteiger partial charge in [0.15, 0.2) is 11.4 Å². The third kappa shape index (κ3) is 4.89. The number of aromatic nitrogens is 1. The van der Waals surface area contributed by atoms with Gasteiger partial charge in [-0.2, -0.15) is 0 Å². The molecule has 6 nitrogen and oxygen atoms in total. The van der Waals surface area contributed by atoms with Gasteiger partial charge >= 0.3 is 0 Å². The molecule has 1 amide bonds. The molecule has 2 saturated heterocycles. The fraction of sp³-hybridized carbons (Fsp3) is 0.680.